The molecule has 1 N–H and O–H groups in total. The lowest BCUT2D eigenvalue weighted by atomic mass is 10.3. The van der Waals surface area contributed by atoms with Crippen LogP contribution in [0, 0.1) is 0 Å². The second kappa shape index (κ2) is 5.42. The minimum absolute atomic E-state index is 0.238. The second-order valence-corrected chi connectivity index (χ2v) is 2.48. The molecule has 0 unspecified atom stereocenters. The smallest absolute Gasteiger partial charge is 0.335 e. The van der Waals surface area contributed by atoms with Crippen molar-refractivity contribution < 1.29 is 14.7 Å². The predicted octanol–water partition coefficient (Wildman–Crippen LogP) is 1.36. The molecule has 0 spiro atoms. The lowest BCUT2D eigenvalue weighted by Gasteiger charge is -1.91. The van der Waals surface area contributed by atoms with Crippen LogP contribution in [0.4, 0.5) is 0 Å². The van der Waals surface area contributed by atoms with Crippen molar-refractivity contribution in [3.63, 3.8) is 0 Å². The van der Waals surface area contributed by atoms with Gasteiger partial charge in [-0.2, -0.15) is 0 Å². The number of carboxylic acid groups (broad SMARTS) is 1. The van der Waals surface area contributed by atoms with Gasteiger partial charge in [0.15, 0.2) is 0 Å². The van der Waals surface area contributed by atoms with Gasteiger partial charge in [0.25, 0.3) is 0 Å². The van der Waals surface area contributed by atoms with Crippen molar-refractivity contribution in [1.82, 2.24) is 4.98 Å². The average Bonchev–Trinajstić information content (AvgIpc) is 2.08. The van der Waals surface area contributed by atoms with E-state index in [9.17, 15) is 4.79 Å². The zero-order valence-corrected chi connectivity index (χ0v) is 7.61. The molecule has 4 nitrogen and oxygen atoms in total. The molecule has 0 saturated carbocycles. The molecule has 0 atom stereocenters. The number of carboxylic acids is 1. The van der Waals surface area contributed by atoms with Gasteiger partial charge in [0.05, 0.1) is 5.56 Å². The van der Waals surface area contributed by atoms with Gasteiger partial charge in [0, 0.05) is 6.20 Å². The highest BCUT2D eigenvalue weighted by atomic mass is 79.9. The minimum Gasteiger partial charge on any atom is -0.478 e. The fourth-order valence-electron chi connectivity index (χ4n) is 0.535. The maximum Gasteiger partial charge on any atom is 0.335 e. The van der Waals surface area contributed by atoms with Crippen molar-refractivity contribution >= 4 is 28.7 Å². The zero-order valence-electron chi connectivity index (χ0n) is 6.03. The summed E-state index contributed by atoms with van der Waals surface area (Å²) in [7, 11) is 0. The van der Waals surface area contributed by atoms with Crippen LogP contribution in [-0.4, -0.2) is 22.8 Å². The Kier molecular flexibility index (Phi) is 4.87. The van der Waals surface area contributed by atoms with E-state index >= 15 is 0 Å². The number of pyridine rings is 1. The van der Waals surface area contributed by atoms with Gasteiger partial charge in [-0.15, -0.1) is 0 Å². The highest BCUT2D eigenvalue weighted by Gasteiger charge is 2.00. The molecular formula is C7H6BrNO3. The number of aromatic carboxylic acids is 1. The number of halogens is 1. The number of carbonyl (C=O) groups is 2. The van der Waals surface area contributed by atoms with Crippen molar-refractivity contribution in [3.05, 3.63) is 28.5 Å². The van der Waals surface area contributed by atoms with Gasteiger partial charge < -0.3 is 9.90 Å². The summed E-state index contributed by atoms with van der Waals surface area (Å²) < 4.78 is 0.535. The lowest BCUT2D eigenvalue weighted by molar-refractivity contribution is -0.0980. The molecule has 0 aliphatic rings. The maximum atomic E-state index is 10.3. The number of carbonyl (C=O) groups excluding carboxylic acids is 1. The molecule has 1 aromatic rings. The number of nitrogens with zero attached hydrogens (tertiary/aromatic N) is 1. The van der Waals surface area contributed by atoms with Crippen molar-refractivity contribution in [1.29, 1.82) is 0 Å². The first-order valence-electron chi connectivity index (χ1n) is 2.84. The normalized spacial score (nSPS) is 8.08. The average molecular weight is 232 g/mol. The van der Waals surface area contributed by atoms with E-state index in [1.54, 1.807) is 0 Å². The van der Waals surface area contributed by atoms with E-state index in [4.69, 9.17) is 9.90 Å². The molecule has 1 heterocycles. The lowest BCUT2D eigenvalue weighted by Crippen LogP contribution is -1.95. The first-order chi connectivity index (χ1) is 5.70. The van der Waals surface area contributed by atoms with Crippen LogP contribution in [0.2, 0.25) is 0 Å². The summed E-state index contributed by atoms with van der Waals surface area (Å²) in [5.41, 5.74) is 0.238. The van der Waals surface area contributed by atoms with Crippen LogP contribution in [0.1, 0.15) is 10.4 Å². The Hall–Kier alpha value is -1.23. The summed E-state index contributed by atoms with van der Waals surface area (Å²) in [5, 5.41) is 8.46. The number of rotatable bonds is 1. The van der Waals surface area contributed by atoms with E-state index in [2.05, 4.69) is 20.9 Å². The summed E-state index contributed by atoms with van der Waals surface area (Å²) >= 11 is 3.06. The van der Waals surface area contributed by atoms with E-state index in [1.165, 1.54) is 18.3 Å². The molecule has 1 rings (SSSR count). The maximum absolute atomic E-state index is 10.3. The summed E-state index contributed by atoms with van der Waals surface area (Å²) in [6.45, 7) is 2.00. The van der Waals surface area contributed by atoms with E-state index in [1.807, 2.05) is 6.79 Å². The third kappa shape index (κ3) is 3.25. The topological polar surface area (TPSA) is 67.3 Å². The molecule has 0 amide bonds. The zero-order chi connectivity index (χ0) is 9.56. The van der Waals surface area contributed by atoms with Gasteiger partial charge in [-0.25, -0.2) is 9.78 Å². The van der Waals surface area contributed by atoms with Gasteiger partial charge in [-0.05, 0) is 28.1 Å². The number of hydrogen-bond donors (Lipinski definition) is 1. The van der Waals surface area contributed by atoms with Crippen molar-refractivity contribution in [2.24, 2.45) is 0 Å². The number of hydrogen-bond acceptors (Lipinski definition) is 3. The van der Waals surface area contributed by atoms with Crippen molar-refractivity contribution in [2.75, 3.05) is 0 Å². The number of aromatic nitrogens is 1. The first kappa shape index (κ1) is 10.8. The molecular weight excluding hydrogens is 226 g/mol. The van der Waals surface area contributed by atoms with Crippen LogP contribution in [0.3, 0.4) is 0 Å². The summed E-state index contributed by atoms with van der Waals surface area (Å²) in [6.07, 6.45) is 1.44. The quantitative estimate of drug-likeness (QED) is 0.742. The molecule has 1 aromatic heterocycles. The minimum atomic E-state index is -0.942. The van der Waals surface area contributed by atoms with Gasteiger partial charge >= 0.3 is 5.97 Å². The van der Waals surface area contributed by atoms with Crippen LogP contribution in [0.5, 0.6) is 0 Å². The highest BCUT2D eigenvalue weighted by molar-refractivity contribution is 9.10. The van der Waals surface area contributed by atoms with Crippen LogP contribution in [-0.2, 0) is 4.79 Å². The van der Waals surface area contributed by atoms with E-state index < -0.39 is 5.97 Å². The Labute approximate surface area is 77.4 Å². The first-order valence-corrected chi connectivity index (χ1v) is 3.63. The molecule has 64 valence electrons. The predicted molar refractivity (Wildman–Crippen MR) is 46.0 cm³/mol. The summed E-state index contributed by atoms with van der Waals surface area (Å²) in [4.78, 5) is 22.1. The van der Waals surface area contributed by atoms with Crippen LogP contribution < -0.4 is 0 Å². The fourth-order valence-corrected chi connectivity index (χ4v) is 0.900. The SMILES string of the molecule is C=O.O=C(O)c1ccnc(Br)c1. The third-order valence-electron chi connectivity index (χ3n) is 0.974. The van der Waals surface area contributed by atoms with Crippen LogP contribution in [0.25, 0.3) is 0 Å². The van der Waals surface area contributed by atoms with Gasteiger partial charge in [-0.1, -0.05) is 0 Å². The molecule has 0 aliphatic heterocycles. The molecule has 0 fully saturated rings. The second-order valence-electron chi connectivity index (χ2n) is 1.67. The molecule has 0 aliphatic carbocycles. The monoisotopic (exact) mass is 231 g/mol. The van der Waals surface area contributed by atoms with Crippen molar-refractivity contribution in [3.8, 4) is 0 Å². The molecule has 0 saturated heterocycles. The third-order valence-corrected chi connectivity index (χ3v) is 1.41. The van der Waals surface area contributed by atoms with Gasteiger partial charge in [0.2, 0.25) is 0 Å². The molecule has 5 heteroatoms. The largest absolute Gasteiger partial charge is 0.478 e. The van der Waals surface area contributed by atoms with Crippen LogP contribution in [0.15, 0.2) is 22.9 Å². The molecule has 0 aromatic carbocycles. The standard InChI is InChI=1S/C6H4BrNO2.CH2O/c7-5-3-4(6(9)10)1-2-8-5;1-2/h1-3H,(H,9,10);1H2. The molecule has 0 radical (unpaired) electrons. The summed E-state index contributed by atoms with van der Waals surface area (Å²) in [6, 6.07) is 2.88. The Morgan fingerprint density at radius 3 is 2.50 bits per heavy atom. The Morgan fingerprint density at radius 2 is 2.17 bits per heavy atom. The molecule has 0 bridgehead atoms. The summed E-state index contributed by atoms with van der Waals surface area (Å²) in [5.74, 6) is -0.942. The van der Waals surface area contributed by atoms with Gasteiger partial charge in [-0.3, -0.25) is 0 Å². The highest BCUT2D eigenvalue weighted by Crippen LogP contribution is 2.07. The molecule has 12 heavy (non-hydrogen) atoms. The Balaban J connectivity index is 0.000000561. The Bertz CT molecular complexity index is 277. The van der Waals surface area contributed by atoms with Gasteiger partial charge in [0.1, 0.15) is 11.4 Å². The van der Waals surface area contributed by atoms with E-state index in [0.29, 0.717) is 4.60 Å². The van der Waals surface area contributed by atoms with Crippen LogP contribution >= 0.6 is 15.9 Å². The van der Waals surface area contributed by atoms with E-state index in [0.717, 1.165) is 0 Å². The van der Waals surface area contributed by atoms with Crippen molar-refractivity contribution in [2.45, 2.75) is 0 Å². The Morgan fingerprint density at radius 1 is 1.58 bits per heavy atom. The van der Waals surface area contributed by atoms with E-state index in [-0.39, 0.29) is 5.56 Å². The fraction of sp³-hybridized carbons (Fsp3) is 0.